The van der Waals surface area contributed by atoms with E-state index in [1.54, 1.807) is 25.1 Å². The lowest BCUT2D eigenvalue weighted by Gasteiger charge is -2.35. The van der Waals surface area contributed by atoms with E-state index < -0.39 is 23.8 Å². The number of nitrogens with one attached hydrogen (secondary N) is 1. The first-order valence-corrected chi connectivity index (χ1v) is 7.94. The highest BCUT2D eigenvalue weighted by Crippen LogP contribution is 2.45. The second-order valence-electron chi connectivity index (χ2n) is 5.77. The van der Waals surface area contributed by atoms with E-state index in [2.05, 4.69) is 11.9 Å². The van der Waals surface area contributed by atoms with Gasteiger partial charge in [0.2, 0.25) is 0 Å². The van der Waals surface area contributed by atoms with Gasteiger partial charge in [-0.3, -0.25) is 4.79 Å². The highest BCUT2D eigenvalue weighted by Gasteiger charge is 2.44. The number of carbonyl (C=O) groups excluding carboxylic acids is 2. The van der Waals surface area contributed by atoms with Gasteiger partial charge in [-0.15, -0.1) is 0 Å². The lowest BCUT2D eigenvalue weighted by atomic mass is 9.75. The van der Waals surface area contributed by atoms with Crippen LogP contribution in [0.4, 0.5) is 0 Å². The molecule has 7 heteroatoms. The summed E-state index contributed by atoms with van der Waals surface area (Å²) in [6.45, 7) is 5.66. The van der Waals surface area contributed by atoms with Crippen LogP contribution in [-0.4, -0.2) is 40.4 Å². The lowest BCUT2D eigenvalue weighted by molar-refractivity contribution is -0.145. The molecule has 0 bridgehead atoms. The Morgan fingerprint density at radius 3 is 2.31 bits per heavy atom. The van der Waals surface area contributed by atoms with E-state index in [0.717, 1.165) is 0 Å². The van der Waals surface area contributed by atoms with Gasteiger partial charge >= 0.3 is 11.9 Å². The predicted octanol–water partition coefficient (Wildman–Crippen LogP) is 2.14. The lowest BCUT2D eigenvalue weighted by Crippen LogP contribution is -2.39. The van der Waals surface area contributed by atoms with Gasteiger partial charge in [-0.2, -0.15) is 0 Å². The molecule has 140 valence electrons. The Labute approximate surface area is 152 Å². The minimum absolute atomic E-state index is 0.307. The Morgan fingerprint density at radius 2 is 1.77 bits per heavy atom. The third-order valence-corrected chi connectivity index (χ3v) is 4.40. The molecule has 2 unspecified atom stereocenters. The van der Waals surface area contributed by atoms with Crippen molar-refractivity contribution in [3.05, 3.63) is 47.3 Å². The van der Waals surface area contributed by atoms with E-state index in [1.165, 1.54) is 28.4 Å². The zero-order valence-electron chi connectivity index (χ0n) is 15.5. The zero-order valence-corrected chi connectivity index (χ0v) is 15.5. The minimum Gasteiger partial charge on any atom is -0.497 e. The maximum Gasteiger partial charge on any atom is 0.336 e. The molecular weight excluding hydrogens is 338 g/mol. The third-order valence-electron chi connectivity index (χ3n) is 4.40. The number of allylic oxidation sites excluding steroid dienone is 1. The molecule has 0 saturated carbocycles. The molecule has 1 aliphatic heterocycles. The number of rotatable bonds is 5. The maximum atomic E-state index is 12.5. The summed E-state index contributed by atoms with van der Waals surface area (Å²) in [5, 5.41) is 2.99. The van der Waals surface area contributed by atoms with Crippen LogP contribution in [0.25, 0.3) is 0 Å². The smallest absolute Gasteiger partial charge is 0.336 e. The molecule has 1 aromatic rings. The van der Waals surface area contributed by atoms with E-state index in [-0.39, 0.29) is 0 Å². The predicted molar refractivity (Wildman–Crippen MR) is 94.8 cm³/mol. The number of methoxy groups -OCH3 is 4. The molecule has 0 spiro atoms. The topological polar surface area (TPSA) is 83.1 Å². The van der Waals surface area contributed by atoms with Gasteiger partial charge in [-0.25, -0.2) is 4.79 Å². The summed E-state index contributed by atoms with van der Waals surface area (Å²) < 4.78 is 20.7. The maximum absolute atomic E-state index is 12.5. The monoisotopic (exact) mass is 361 g/mol. The van der Waals surface area contributed by atoms with Gasteiger partial charge in [-0.05, 0) is 25.1 Å². The van der Waals surface area contributed by atoms with Crippen LogP contribution in [0.1, 0.15) is 18.4 Å². The van der Waals surface area contributed by atoms with Crippen molar-refractivity contribution in [2.75, 3.05) is 28.4 Å². The Balaban J connectivity index is 2.78. The molecule has 1 N–H and O–H groups in total. The largest absolute Gasteiger partial charge is 0.497 e. The van der Waals surface area contributed by atoms with E-state index in [0.29, 0.717) is 34.0 Å². The molecule has 1 heterocycles. The molecule has 0 fully saturated rings. The SMILES string of the molecule is C=C1NC(C)=C(C(=O)OC)C(c2cc(OC)ccc2OC)C1C(=O)OC. The van der Waals surface area contributed by atoms with Crippen LogP contribution >= 0.6 is 0 Å². The second kappa shape index (κ2) is 7.95. The molecule has 1 aromatic carbocycles. The Hall–Kier alpha value is -2.96. The molecule has 0 amide bonds. The molecular formula is C19H23NO6. The molecule has 7 nitrogen and oxygen atoms in total. The van der Waals surface area contributed by atoms with Crippen molar-refractivity contribution < 1.29 is 28.5 Å². The van der Waals surface area contributed by atoms with Gasteiger partial charge in [0.05, 0.1) is 34.0 Å². The number of ether oxygens (including phenoxy) is 4. The fourth-order valence-electron chi connectivity index (χ4n) is 3.20. The van der Waals surface area contributed by atoms with Gasteiger partial charge in [0.25, 0.3) is 0 Å². The first-order chi connectivity index (χ1) is 12.4. The zero-order chi connectivity index (χ0) is 19.4. The summed E-state index contributed by atoms with van der Waals surface area (Å²) in [6, 6.07) is 5.19. The van der Waals surface area contributed by atoms with E-state index >= 15 is 0 Å². The van der Waals surface area contributed by atoms with Gasteiger partial charge in [0.15, 0.2) is 0 Å². The third kappa shape index (κ3) is 3.37. The summed E-state index contributed by atoms with van der Waals surface area (Å²) in [4.78, 5) is 25.0. The van der Waals surface area contributed by atoms with Crippen LogP contribution in [0.5, 0.6) is 11.5 Å². The van der Waals surface area contributed by atoms with E-state index in [9.17, 15) is 9.59 Å². The second-order valence-corrected chi connectivity index (χ2v) is 5.77. The molecule has 0 aliphatic carbocycles. The fraction of sp³-hybridized carbons (Fsp3) is 0.368. The first-order valence-electron chi connectivity index (χ1n) is 7.94. The van der Waals surface area contributed by atoms with Gasteiger partial charge in [-0.1, -0.05) is 6.58 Å². The number of hydrogen-bond donors (Lipinski definition) is 1. The fourth-order valence-corrected chi connectivity index (χ4v) is 3.20. The van der Waals surface area contributed by atoms with Gasteiger partial charge in [0.1, 0.15) is 17.4 Å². The number of esters is 2. The molecule has 26 heavy (non-hydrogen) atoms. The van der Waals surface area contributed by atoms with Crippen LogP contribution < -0.4 is 14.8 Å². The summed E-state index contributed by atoms with van der Waals surface area (Å²) in [5.41, 5.74) is 1.89. The van der Waals surface area contributed by atoms with Crippen molar-refractivity contribution in [2.45, 2.75) is 12.8 Å². The highest BCUT2D eigenvalue weighted by molar-refractivity contribution is 5.94. The summed E-state index contributed by atoms with van der Waals surface area (Å²) in [7, 11) is 5.63. The number of hydrogen-bond acceptors (Lipinski definition) is 7. The van der Waals surface area contributed by atoms with Crippen LogP contribution in [0.2, 0.25) is 0 Å². The Bertz CT molecular complexity index is 767. The Morgan fingerprint density at radius 1 is 1.08 bits per heavy atom. The van der Waals surface area contributed by atoms with Crippen molar-refractivity contribution in [1.82, 2.24) is 5.32 Å². The van der Waals surface area contributed by atoms with E-state index in [1.807, 2.05) is 0 Å². The normalized spacial score (nSPS) is 19.5. The average Bonchev–Trinajstić information content (AvgIpc) is 2.65. The average molecular weight is 361 g/mol. The summed E-state index contributed by atoms with van der Waals surface area (Å²) in [5.74, 6) is -1.53. The summed E-state index contributed by atoms with van der Waals surface area (Å²) >= 11 is 0. The van der Waals surface area contributed by atoms with Gasteiger partial charge < -0.3 is 24.3 Å². The number of benzene rings is 1. The Kier molecular flexibility index (Phi) is 5.92. The molecule has 1 aliphatic rings. The van der Waals surface area contributed by atoms with Crippen molar-refractivity contribution >= 4 is 11.9 Å². The van der Waals surface area contributed by atoms with Crippen LogP contribution in [0.3, 0.4) is 0 Å². The van der Waals surface area contributed by atoms with Crippen molar-refractivity contribution in [2.24, 2.45) is 5.92 Å². The molecule has 2 rings (SSSR count). The van der Waals surface area contributed by atoms with Gasteiger partial charge in [0, 0.05) is 22.9 Å². The van der Waals surface area contributed by atoms with Crippen molar-refractivity contribution in [3.63, 3.8) is 0 Å². The standard InChI is InChI=1S/C19H23NO6/c1-10-15(18(21)25-5)17(16(11(2)20-10)19(22)26-6)13-9-12(23-3)7-8-14(13)24-4/h7-9,15,17,20H,1H2,2-6H3. The number of carbonyl (C=O) groups is 2. The van der Waals surface area contributed by atoms with Crippen molar-refractivity contribution in [3.8, 4) is 11.5 Å². The molecule has 0 radical (unpaired) electrons. The quantitative estimate of drug-likeness (QED) is 0.805. The van der Waals surface area contributed by atoms with Crippen LogP contribution in [-0.2, 0) is 19.1 Å². The highest BCUT2D eigenvalue weighted by atomic mass is 16.5. The molecule has 0 saturated heterocycles. The van der Waals surface area contributed by atoms with Crippen LogP contribution in [0, 0.1) is 5.92 Å². The van der Waals surface area contributed by atoms with E-state index in [4.69, 9.17) is 18.9 Å². The van der Waals surface area contributed by atoms with Crippen LogP contribution in [0.15, 0.2) is 41.7 Å². The first kappa shape index (κ1) is 19.4. The van der Waals surface area contributed by atoms with Crippen molar-refractivity contribution in [1.29, 1.82) is 0 Å². The molecule has 2 atom stereocenters. The summed E-state index contributed by atoms with van der Waals surface area (Å²) in [6.07, 6.45) is 0. The minimum atomic E-state index is -0.834. The molecule has 0 aromatic heterocycles.